The molecule has 3 rings (SSSR count). The Hall–Kier alpha value is -2.19. The van der Waals surface area contributed by atoms with Crippen LogP contribution in [0.4, 0.5) is 0 Å². The van der Waals surface area contributed by atoms with Crippen molar-refractivity contribution in [1.29, 1.82) is 0 Å². The van der Waals surface area contributed by atoms with Gasteiger partial charge in [-0.2, -0.15) is 11.3 Å². The monoisotopic (exact) mass is 434 g/mol. The number of thiophene rings is 1. The normalized spacial score (nSPS) is 16.2. The van der Waals surface area contributed by atoms with E-state index in [1.54, 1.807) is 24.3 Å². The number of nitrogens with zero attached hydrogens (tertiary/aromatic N) is 1. The van der Waals surface area contributed by atoms with Gasteiger partial charge in [-0.1, -0.05) is 19.3 Å². The highest BCUT2D eigenvalue weighted by Crippen LogP contribution is 2.22. The van der Waals surface area contributed by atoms with Crippen molar-refractivity contribution < 1.29 is 14.3 Å². The molecule has 0 spiro atoms. The van der Waals surface area contributed by atoms with Crippen LogP contribution in [0.1, 0.15) is 44.6 Å². The zero-order valence-corrected chi connectivity index (χ0v) is 18.2. The van der Waals surface area contributed by atoms with Gasteiger partial charge in [0.15, 0.2) is 0 Å². The minimum absolute atomic E-state index is 0.106. The smallest absolute Gasteiger partial charge is 0.333 e. The van der Waals surface area contributed by atoms with E-state index in [4.69, 9.17) is 4.74 Å². The Balaban J connectivity index is 1.83. The van der Waals surface area contributed by atoms with E-state index in [0.717, 1.165) is 18.4 Å². The van der Waals surface area contributed by atoms with Crippen molar-refractivity contribution in [2.45, 2.75) is 45.6 Å². The maximum absolute atomic E-state index is 12.9. The van der Waals surface area contributed by atoms with Crippen LogP contribution >= 0.6 is 22.7 Å². The fourth-order valence-electron chi connectivity index (χ4n) is 3.43. The molecule has 2 heterocycles. The molecule has 29 heavy (non-hydrogen) atoms. The Morgan fingerprint density at radius 3 is 2.79 bits per heavy atom. The van der Waals surface area contributed by atoms with Gasteiger partial charge in [0, 0.05) is 6.54 Å². The SMILES string of the molecule is CCOC(=O)/C=c1\s/c(=C\c2ccsc2)c(=O)n1CC(=O)NCC1CCCCC1. The van der Waals surface area contributed by atoms with Gasteiger partial charge in [-0.25, -0.2) is 4.79 Å². The summed E-state index contributed by atoms with van der Waals surface area (Å²) < 4.78 is 7.24. The molecule has 1 aliphatic carbocycles. The van der Waals surface area contributed by atoms with Crippen molar-refractivity contribution in [3.05, 3.63) is 41.9 Å². The molecule has 0 bridgehead atoms. The molecule has 6 nitrogen and oxygen atoms in total. The zero-order chi connectivity index (χ0) is 20.6. The van der Waals surface area contributed by atoms with Crippen molar-refractivity contribution in [2.24, 2.45) is 5.92 Å². The van der Waals surface area contributed by atoms with Gasteiger partial charge in [0.05, 0.1) is 17.2 Å². The summed E-state index contributed by atoms with van der Waals surface area (Å²) in [6.45, 7) is 2.51. The van der Waals surface area contributed by atoms with Crippen LogP contribution in [0.5, 0.6) is 0 Å². The topological polar surface area (TPSA) is 77.4 Å². The van der Waals surface area contributed by atoms with Crippen LogP contribution in [-0.2, 0) is 20.9 Å². The lowest BCUT2D eigenvalue weighted by Gasteiger charge is -2.21. The van der Waals surface area contributed by atoms with E-state index in [2.05, 4.69) is 5.32 Å². The molecule has 1 fully saturated rings. The molecule has 1 saturated carbocycles. The lowest BCUT2D eigenvalue weighted by Crippen LogP contribution is -2.39. The largest absolute Gasteiger partial charge is 0.463 e. The van der Waals surface area contributed by atoms with Crippen LogP contribution in [0, 0.1) is 5.92 Å². The summed E-state index contributed by atoms with van der Waals surface area (Å²) in [7, 11) is 0. The number of ether oxygens (including phenoxy) is 1. The summed E-state index contributed by atoms with van der Waals surface area (Å²) >= 11 is 2.73. The Morgan fingerprint density at radius 1 is 1.31 bits per heavy atom. The van der Waals surface area contributed by atoms with Gasteiger partial charge in [0.25, 0.3) is 5.56 Å². The average Bonchev–Trinajstić information content (AvgIpc) is 3.32. The molecule has 0 unspecified atom stereocenters. The minimum Gasteiger partial charge on any atom is -0.463 e. The van der Waals surface area contributed by atoms with Crippen molar-refractivity contribution in [2.75, 3.05) is 13.2 Å². The van der Waals surface area contributed by atoms with E-state index in [1.807, 2.05) is 16.8 Å². The number of thiazole rings is 1. The minimum atomic E-state index is -0.521. The molecule has 1 aliphatic rings. The van der Waals surface area contributed by atoms with Crippen LogP contribution in [0.15, 0.2) is 21.6 Å². The number of hydrogen-bond acceptors (Lipinski definition) is 6. The van der Waals surface area contributed by atoms with Crippen molar-refractivity contribution in [1.82, 2.24) is 9.88 Å². The van der Waals surface area contributed by atoms with Gasteiger partial charge >= 0.3 is 5.97 Å². The zero-order valence-electron chi connectivity index (χ0n) is 16.5. The molecule has 0 radical (unpaired) electrons. The molecular formula is C21H26N2O4S2. The summed E-state index contributed by atoms with van der Waals surface area (Å²) in [4.78, 5) is 37.3. The van der Waals surface area contributed by atoms with Gasteiger partial charge in [0.1, 0.15) is 11.2 Å². The molecule has 0 aliphatic heterocycles. The third-order valence-electron chi connectivity index (χ3n) is 4.92. The van der Waals surface area contributed by atoms with E-state index in [0.29, 0.717) is 21.7 Å². The number of hydrogen-bond donors (Lipinski definition) is 1. The Bertz CT molecular complexity index is 999. The van der Waals surface area contributed by atoms with Crippen LogP contribution in [-0.4, -0.2) is 29.6 Å². The van der Waals surface area contributed by atoms with Crippen LogP contribution in [0.25, 0.3) is 12.2 Å². The standard InChI is InChI=1S/C21H26N2O4S2/c1-2-27-20(25)11-19-23(13-18(24)22-12-15-6-4-3-5-7-15)21(26)17(29-19)10-16-8-9-28-14-16/h8-11,14-15H,2-7,12-13H2,1H3,(H,22,24)/b17-10-,19-11-. The van der Waals surface area contributed by atoms with Crippen molar-refractivity contribution >= 4 is 46.7 Å². The molecule has 0 atom stereocenters. The van der Waals surface area contributed by atoms with E-state index < -0.39 is 5.97 Å². The van der Waals surface area contributed by atoms with Gasteiger partial charge < -0.3 is 10.1 Å². The maximum atomic E-state index is 12.9. The lowest BCUT2D eigenvalue weighted by atomic mass is 9.89. The molecule has 1 amide bonds. The molecule has 0 saturated heterocycles. The van der Waals surface area contributed by atoms with E-state index in [-0.39, 0.29) is 24.6 Å². The molecule has 0 aromatic carbocycles. The summed E-state index contributed by atoms with van der Waals surface area (Å²) in [6, 6.07) is 1.92. The fraction of sp³-hybridized carbons (Fsp3) is 0.476. The Labute approximate surface area is 177 Å². The highest BCUT2D eigenvalue weighted by atomic mass is 32.1. The van der Waals surface area contributed by atoms with E-state index >= 15 is 0 Å². The predicted octanol–water partition coefficient (Wildman–Crippen LogP) is 1.84. The Morgan fingerprint density at radius 2 is 2.10 bits per heavy atom. The fourth-order valence-corrected chi connectivity index (χ4v) is 5.08. The van der Waals surface area contributed by atoms with Gasteiger partial charge in [-0.3, -0.25) is 14.2 Å². The molecule has 2 aromatic heterocycles. The summed E-state index contributed by atoms with van der Waals surface area (Å²) in [6.07, 6.45) is 9.04. The summed E-state index contributed by atoms with van der Waals surface area (Å²) in [5, 5.41) is 6.83. The molecule has 2 aromatic rings. The van der Waals surface area contributed by atoms with E-state index in [9.17, 15) is 14.4 Å². The van der Waals surface area contributed by atoms with Crippen molar-refractivity contribution in [3.63, 3.8) is 0 Å². The third-order valence-corrected chi connectivity index (χ3v) is 6.68. The van der Waals surface area contributed by atoms with E-state index in [1.165, 1.54) is 41.2 Å². The molecule has 1 N–H and O–H groups in total. The summed E-state index contributed by atoms with van der Waals surface area (Å²) in [5.41, 5.74) is 0.648. The molecule has 8 heteroatoms. The lowest BCUT2D eigenvalue weighted by molar-refractivity contribution is -0.135. The number of aromatic nitrogens is 1. The Kier molecular flexibility index (Phi) is 7.83. The molecule has 156 valence electrons. The van der Waals surface area contributed by atoms with Crippen molar-refractivity contribution in [3.8, 4) is 0 Å². The number of amides is 1. The molecular weight excluding hydrogens is 408 g/mol. The van der Waals surface area contributed by atoms with Crippen LogP contribution < -0.4 is 20.1 Å². The number of carbonyl (C=O) groups excluding carboxylic acids is 2. The number of nitrogens with one attached hydrogen (secondary N) is 1. The first-order chi connectivity index (χ1) is 14.1. The van der Waals surface area contributed by atoms with Gasteiger partial charge in [-0.15, -0.1) is 11.3 Å². The number of esters is 1. The summed E-state index contributed by atoms with van der Waals surface area (Å²) in [5.74, 6) is -0.219. The number of rotatable bonds is 7. The average molecular weight is 435 g/mol. The highest BCUT2D eigenvalue weighted by Gasteiger charge is 2.16. The first kappa shape index (κ1) is 21.5. The second-order valence-corrected chi connectivity index (χ2v) is 8.94. The van der Waals surface area contributed by atoms with Gasteiger partial charge in [-0.05, 0) is 54.1 Å². The third kappa shape index (κ3) is 6.14. The quantitative estimate of drug-likeness (QED) is 0.675. The van der Waals surface area contributed by atoms with Crippen LogP contribution in [0.3, 0.4) is 0 Å². The second kappa shape index (κ2) is 10.5. The number of carbonyl (C=O) groups is 2. The first-order valence-corrected chi connectivity index (χ1v) is 11.7. The maximum Gasteiger partial charge on any atom is 0.333 e. The first-order valence-electron chi connectivity index (χ1n) is 9.95. The second-order valence-electron chi connectivity index (χ2n) is 7.10. The van der Waals surface area contributed by atoms with Crippen LogP contribution in [0.2, 0.25) is 0 Å². The van der Waals surface area contributed by atoms with Gasteiger partial charge in [0.2, 0.25) is 5.91 Å². The predicted molar refractivity (Wildman–Crippen MR) is 116 cm³/mol. The highest BCUT2D eigenvalue weighted by molar-refractivity contribution is 7.08.